The van der Waals surface area contributed by atoms with E-state index in [1.807, 2.05) is 0 Å². The number of phenols is 1. The van der Waals surface area contributed by atoms with Crippen molar-refractivity contribution in [1.82, 2.24) is 5.32 Å². The topological polar surface area (TPSA) is 86.6 Å². The number of phenolic OH excluding ortho intramolecular Hbond substituents is 1. The van der Waals surface area contributed by atoms with E-state index in [0.29, 0.717) is 5.56 Å². The second kappa shape index (κ2) is 4.86. The zero-order chi connectivity index (χ0) is 13.1. The Morgan fingerprint density at radius 3 is 2.53 bits per heavy atom. The summed E-state index contributed by atoms with van der Waals surface area (Å²) in [6.07, 6.45) is 0. The fraction of sp³-hybridized carbons (Fsp3) is 0.333. The maximum atomic E-state index is 11.7. The molecule has 17 heavy (non-hydrogen) atoms. The van der Waals surface area contributed by atoms with Crippen molar-refractivity contribution < 1.29 is 19.8 Å². The number of carboxylic acid groups (broad SMARTS) is 1. The third-order valence-electron chi connectivity index (χ3n) is 2.38. The molecular formula is C12H15NO4. The SMILES string of the molecule is CC(C)(CNC(=O)c1cccc(O)c1)C(=O)O. The zero-order valence-electron chi connectivity index (χ0n) is 9.73. The van der Waals surface area contributed by atoms with Crippen LogP contribution < -0.4 is 5.32 Å². The monoisotopic (exact) mass is 237 g/mol. The lowest BCUT2D eigenvalue weighted by atomic mass is 9.94. The molecule has 0 aliphatic rings. The summed E-state index contributed by atoms with van der Waals surface area (Å²) >= 11 is 0. The van der Waals surface area contributed by atoms with Gasteiger partial charge in [-0.15, -0.1) is 0 Å². The highest BCUT2D eigenvalue weighted by Crippen LogP contribution is 2.14. The summed E-state index contributed by atoms with van der Waals surface area (Å²) in [5.74, 6) is -1.39. The molecule has 5 heteroatoms. The normalized spacial score (nSPS) is 10.9. The molecule has 0 atom stereocenters. The summed E-state index contributed by atoms with van der Waals surface area (Å²) in [6, 6.07) is 5.87. The van der Waals surface area contributed by atoms with Gasteiger partial charge in [-0.05, 0) is 32.0 Å². The van der Waals surface area contributed by atoms with Crippen molar-refractivity contribution in [2.45, 2.75) is 13.8 Å². The molecule has 0 aromatic heterocycles. The highest BCUT2D eigenvalue weighted by molar-refractivity contribution is 5.94. The number of hydrogen-bond acceptors (Lipinski definition) is 3. The van der Waals surface area contributed by atoms with Crippen molar-refractivity contribution in [3.8, 4) is 5.75 Å². The molecule has 0 saturated heterocycles. The summed E-state index contributed by atoms with van der Waals surface area (Å²) in [4.78, 5) is 22.5. The molecular weight excluding hydrogens is 222 g/mol. The Labute approximate surface area is 99.1 Å². The number of nitrogens with one attached hydrogen (secondary N) is 1. The van der Waals surface area contributed by atoms with Gasteiger partial charge in [0.25, 0.3) is 5.91 Å². The van der Waals surface area contributed by atoms with Crippen LogP contribution in [0.4, 0.5) is 0 Å². The van der Waals surface area contributed by atoms with Crippen molar-refractivity contribution >= 4 is 11.9 Å². The van der Waals surface area contributed by atoms with E-state index in [-0.39, 0.29) is 12.3 Å². The largest absolute Gasteiger partial charge is 0.508 e. The lowest BCUT2D eigenvalue weighted by Gasteiger charge is -2.19. The third kappa shape index (κ3) is 3.48. The molecule has 3 N–H and O–H groups in total. The number of rotatable bonds is 4. The molecule has 0 radical (unpaired) electrons. The second-order valence-corrected chi connectivity index (χ2v) is 4.42. The van der Waals surface area contributed by atoms with Crippen molar-refractivity contribution in [3.05, 3.63) is 29.8 Å². The number of aromatic hydroxyl groups is 1. The van der Waals surface area contributed by atoms with Crippen LogP contribution in [-0.4, -0.2) is 28.6 Å². The van der Waals surface area contributed by atoms with E-state index in [1.54, 1.807) is 12.1 Å². The summed E-state index contributed by atoms with van der Waals surface area (Å²) < 4.78 is 0. The number of carbonyl (C=O) groups is 2. The maximum Gasteiger partial charge on any atom is 0.310 e. The number of benzene rings is 1. The molecule has 1 aromatic rings. The lowest BCUT2D eigenvalue weighted by molar-refractivity contribution is -0.146. The Hall–Kier alpha value is -2.04. The molecule has 0 heterocycles. The van der Waals surface area contributed by atoms with Crippen LogP contribution in [0.2, 0.25) is 0 Å². The number of hydrogen-bond donors (Lipinski definition) is 3. The minimum atomic E-state index is -1.02. The molecule has 1 amide bonds. The molecule has 1 rings (SSSR count). The van der Waals surface area contributed by atoms with Crippen molar-refractivity contribution in [3.63, 3.8) is 0 Å². The summed E-state index contributed by atoms with van der Waals surface area (Å²) in [6.45, 7) is 3.08. The first kappa shape index (κ1) is 13.0. The smallest absolute Gasteiger partial charge is 0.310 e. The van der Waals surface area contributed by atoms with E-state index in [2.05, 4.69) is 5.32 Å². The minimum Gasteiger partial charge on any atom is -0.508 e. The van der Waals surface area contributed by atoms with Gasteiger partial charge in [0, 0.05) is 12.1 Å². The van der Waals surface area contributed by atoms with Gasteiger partial charge in [0.1, 0.15) is 5.75 Å². The van der Waals surface area contributed by atoms with E-state index in [4.69, 9.17) is 5.11 Å². The maximum absolute atomic E-state index is 11.7. The molecule has 0 aliphatic heterocycles. The fourth-order valence-electron chi connectivity index (χ4n) is 1.13. The number of amides is 1. The summed E-state index contributed by atoms with van der Waals surface area (Å²) in [7, 11) is 0. The van der Waals surface area contributed by atoms with Crippen molar-refractivity contribution in [2.75, 3.05) is 6.54 Å². The predicted octanol–water partition coefficient (Wildman–Crippen LogP) is 1.23. The van der Waals surface area contributed by atoms with Gasteiger partial charge in [-0.1, -0.05) is 6.07 Å². The van der Waals surface area contributed by atoms with Crippen LogP contribution >= 0.6 is 0 Å². The molecule has 92 valence electrons. The molecule has 0 aliphatic carbocycles. The standard InChI is InChI=1S/C12H15NO4/c1-12(2,11(16)17)7-13-10(15)8-4-3-5-9(14)6-8/h3-6,14H,7H2,1-2H3,(H,13,15)(H,16,17). The number of aliphatic carboxylic acids is 1. The van der Waals surface area contributed by atoms with E-state index >= 15 is 0 Å². The Bertz CT molecular complexity index is 440. The Balaban J connectivity index is 2.65. The van der Waals surface area contributed by atoms with Crippen molar-refractivity contribution in [1.29, 1.82) is 0 Å². The van der Waals surface area contributed by atoms with Crippen LogP contribution in [0.15, 0.2) is 24.3 Å². The van der Waals surface area contributed by atoms with Gasteiger partial charge in [0.05, 0.1) is 5.41 Å². The molecule has 0 bridgehead atoms. The second-order valence-electron chi connectivity index (χ2n) is 4.42. The van der Waals surface area contributed by atoms with Gasteiger partial charge in [-0.2, -0.15) is 0 Å². The molecule has 0 fully saturated rings. The summed E-state index contributed by atoms with van der Waals surface area (Å²) in [5, 5.41) is 20.6. The minimum absolute atomic E-state index is 0.00450. The van der Waals surface area contributed by atoms with Crippen LogP contribution in [0.3, 0.4) is 0 Å². The number of carbonyl (C=O) groups excluding carboxylic acids is 1. The van der Waals surface area contributed by atoms with Crippen LogP contribution in [0.25, 0.3) is 0 Å². The van der Waals surface area contributed by atoms with E-state index in [1.165, 1.54) is 26.0 Å². The first-order valence-electron chi connectivity index (χ1n) is 5.13. The highest BCUT2D eigenvalue weighted by Gasteiger charge is 2.27. The molecule has 0 spiro atoms. The Morgan fingerprint density at radius 2 is 2.00 bits per heavy atom. The lowest BCUT2D eigenvalue weighted by Crippen LogP contribution is -2.38. The fourth-order valence-corrected chi connectivity index (χ4v) is 1.13. The Morgan fingerprint density at radius 1 is 1.35 bits per heavy atom. The first-order chi connectivity index (χ1) is 7.83. The quantitative estimate of drug-likeness (QED) is 0.735. The van der Waals surface area contributed by atoms with Crippen LogP contribution in [0.1, 0.15) is 24.2 Å². The number of carboxylic acids is 1. The van der Waals surface area contributed by atoms with Crippen LogP contribution in [0.5, 0.6) is 5.75 Å². The highest BCUT2D eigenvalue weighted by atomic mass is 16.4. The molecule has 0 unspecified atom stereocenters. The van der Waals surface area contributed by atoms with E-state index in [9.17, 15) is 14.7 Å². The van der Waals surface area contributed by atoms with Crippen LogP contribution in [-0.2, 0) is 4.79 Å². The van der Waals surface area contributed by atoms with Gasteiger partial charge in [-0.25, -0.2) is 0 Å². The van der Waals surface area contributed by atoms with Gasteiger partial charge >= 0.3 is 5.97 Å². The summed E-state index contributed by atoms with van der Waals surface area (Å²) in [5.41, 5.74) is -0.724. The van der Waals surface area contributed by atoms with Crippen LogP contribution in [0, 0.1) is 5.41 Å². The van der Waals surface area contributed by atoms with Gasteiger partial charge in [-0.3, -0.25) is 9.59 Å². The van der Waals surface area contributed by atoms with E-state index in [0.717, 1.165) is 0 Å². The van der Waals surface area contributed by atoms with Gasteiger partial charge < -0.3 is 15.5 Å². The van der Waals surface area contributed by atoms with Gasteiger partial charge in [0.2, 0.25) is 0 Å². The van der Waals surface area contributed by atoms with E-state index < -0.39 is 17.3 Å². The Kier molecular flexibility index (Phi) is 3.73. The predicted molar refractivity (Wildman–Crippen MR) is 61.9 cm³/mol. The van der Waals surface area contributed by atoms with Crippen molar-refractivity contribution in [2.24, 2.45) is 5.41 Å². The zero-order valence-corrected chi connectivity index (χ0v) is 9.73. The van der Waals surface area contributed by atoms with Gasteiger partial charge in [0.15, 0.2) is 0 Å². The average molecular weight is 237 g/mol. The molecule has 5 nitrogen and oxygen atoms in total. The molecule has 0 saturated carbocycles. The average Bonchev–Trinajstić information content (AvgIpc) is 2.25. The first-order valence-corrected chi connectivity index (χ1v) is 5.13. The molecule has 1 aromatic carbocycles. The third-order valence-corrected chi connectivity index (χ3v) is 2.38.